The summed E-state index contributed by atoms with van der Waals surface area (Å²) >= 11 is 1.13. The average molecular weight is 253 g/mol. The smallest absolute Gasteiger partial charge is 0.227 e. The first-order chi connectivity index (χ1) is 8.08. The molecule has 0 radical (unpaired) electrons. The summed E-state index contributed by atoms with van der Waals surface area (Å²) in [5.41, 5.74) is 6.53. The van der Waals surface area contributed by atoms with Crippen LogP contribution in [0.25, 0.3) is 11.5 Å². The van der Waals surface area contributed by atoms with Gasteiger partial charge in [-0.3, -0.25) is 9.89 Å². The maximum atomic E-state index is 10.6. The fourth-order valence-corrected chi connectivity index (χ4v) is 1.81. The second-order valence-corrected chi connectivity index (χ2v) is 4.31. The van der Waals surface area contributed by atoms with E-state index in [4.69, 9.17) is 11.6 Å². The highest BCUT2D eigenvalue weighted by atomic mass is 32.2. The SMILES string of the molecule is Cc1cc(-c2nnc(SCC(N)=O)n2N)n[nH]1. The second kappa shape index (κ2) is 4.45. The highest BCUT2D eigenvalue weighted by Gasteiger charge is 2.14. The molecule has 0 fully saturated rings. The molecule has 0 spiro atoms. The number of primary amides is 1. The van der Waals surface area contributed by atoms with Crippen LogP contribution in [-0.4, -0.2) is 36.7 Å². The summed E-state index contributed by atoms with van der Waals surface area (Å²) in [6.45, 7) is 1.87. The number of H-pyrrole nitrogens is 1. The van der Waals surface area contributed by atoms with Crippen molar-refractivity contribution in [1.82, 2.24) is 25.1 Å². The molecule has 0 aliphatic carbocycles. The fraction of sp³-hybridized carbons (Fsp3) is 0.250. The van der Waals surface area contributed by atoms with Crippen LogP contribution in [0.2, 0.25) is 0 Å². The van der Waals surface area contributed by atoms with E-state index >= 15 is 0 Å². The van der Waals surface area contributed by atoms with Gasteiger partial charge in [-0.15, -0.1) is 10.2 Å². The first-order valence-electron chi connectivity index (χ1n) is 4.72. The Morgan fingerprint density at radius 3 is 2.94 bits per heavy atom. The van der Waals surface area contributed by atoms with Crippen LogP contribution in [0.3, 0.4) is 0 Å². The molecule has 8 nitrogen and oxygen atoms in total. The summed E-state index contributed by atoms with van der Waals surface area (Å²) in [7, 11) is 0. The maximum Gasteiger partial charge on any atom is 0.227 e. The van der Waals surface area contributed by atoms with Gasteiger partial charge >= 0.3 is 0 Å². The standard InChI is InChI=1S/C8H11N7OS/c1-4-2-5(12-11-4)7-13-14-8(15(7)10)17-3-6(9)16/h2H,3,10H2,1H3,(H2,9,16)(H,11,12). The molecule has 2 heterocycles. The van der Waals surface area contributed by atoms with Gasteiger partial charge in [-0.1, -0.05) is 11.8 Å². The summed E-state index contributed by atoms with van der Waals surface area (Å²) in [6.07, 6.45) is 0. The van der Waals surface area contributed by atoms with Gasteiger partial charge in [0.2, 0.25) is 16.9 Å². The summed E-state index contributed by atoms with van der Waals surface area (Å²) in [6, 6.07) is 1.80. The largest absolute Gasteiger partial charge is 0.369 e. The van der Waals surface area contributed by atoms with Crippen LogP contribution in [-0.2, 0) is 4.79 Å². The van der Waals surface area contributed by atoms with Gasteiger partial charge in [-0.2, -0.15) is 5.10 Å². The number of rotatable bonds is 4. The number of thioether (sulfide) groups is 1. The number of carbonyl (C=O) groups is 1. The zero-order valence-corrected chi connectivity index (χ0v) is 9.86. The van der Waals surface area contributed by atoms with Crippen molar-refractivity contribution in [3.05, 3.63) is 11.8 Å². The van der Waals surface area contributed by atoms with Gasteiger partial charge in [-0.25, -0.2) is 4.68 Å². The molecule has 2 rings (SSSR count). The van der Waals surface area contributed by atoms with Crippen molar-refractivity contribution in [3.8, 4) is 11.5 Å². The molecular formula is C8H11N7OS. The van der Waals surface area contributed by atoms with E-state index in [1.807, 2.05) is 6.92 Å². The normalized spacial score (nSPS) is 10.6. The van der Waals surface area contributed by atoms with Gasteiger partial charge < -0.3 is 11.6 Å². The molecule has 17 heavy (non-hydrogen) atoms. The lowest BCUT2D eigenvalue weighted by molar-refractivity contribution is -0.115. The lowest BCUT2D eigenvalue weighted by Gasteiger charge is -1.99. The molecule has 90 valence electrons. The number of nitrogen functional groups attached to an aromatic ring is 1. The van der Waals surface area contributed by atoms with Crippen LogP contribution in [0.5, 0.6) is 0 Å². The van der Waals surface area contributed by atoms with Crippen LogP contribution < -0.4 is 11.6 Å². The number of carbonyl (C=O) groups excluding carboxylic acids is 1. The van der Waals surface area contributed by atoms with Crippen LogP contribution in [0.1, 0.15) is 5.69 Å². The number of hydrogen-bond acceptors (Lipinski definition) is 6. The van der Waals surface area contributed by atoms with Gasteiger partial charge in [0.15, 0.2) is 0 Å². The molecule has 1 amide bonds. The number of nitrogens with one attached hydrogen (secondary N) is 1. The molecular weight excluding hydrogens is 242 g/mol. The quantitative estimate of drug-likeness (QED) is 0.486. The minimum absolute atomic E-state index is 0.106. The zero-order valence-electron chi connectivity index (χ0n) is 9.04. The van der Waals surface area contributed by atoms with Crippen LogP contribution in [0.15, 0.2) is 11.2 Å². The molecule has 0 aliphatic heterocycles. The van der Waals surface area contributed by atoms with E-state index in [1.54, 1.807) is 6.07 Å². The predicted molar refractivity (Wildman–Crippen MR) is 62.4 cm³/mol. The highest BCUT2D eigenvalue weighted by Crippen LogP contribution is 2.19. The molecule has 0 unspecified atom stereocenters. The molecule has 2 aromatic heterocycles. The molecule has 0 aliphatic rings. The Labute approximate surface area is 101 Å². The van der Waals surface area contributed by atoms with E-state index in [0.29, 0.717) is 16.7 Å². The predicted octanol–water partition coefficient (Wildman–Crippen LogP) is -0.732. The van der Waals surface area contributed by atoms with Crippen LogP contribution in [0.4, 0.5) is 0 Å². The first kappa shape index (κ1) is 11.5. The Morgan fingerprint density at radius 2 is 2.35 bits per heavy atom. The van der Waals surface area contributed by atoms with Gasteiger partial charge in [-0.05, 0) is 13.0 Å². The Kier molecular flexibility index (Phi) is 3.00. The number of aryl methyl sites for hydroxylation is 1. The van der Waals surface area contributed by atoms with Crippen molar-refractivity contribution in [1.29, 1.82) is 0 Å². The minimum atomic E-state index is -0.435. The van der Waals surface area contributed by atoms with Crippen molar-refractivity contribution in [3.63, 3.8) is 0 Å². The lowest BCUT2D eigenvalue weighted by atomic mass is 10.3. The van der Waals surface area contributed by atoms with E-state index in [9.17, 15) is 4.79 Å². The van der Waals surface area contributed by atoms with Crippen molar-refractivity contribution >= 4 is 17.7 Å². The molecule has 9 heteroatoms. The Morgan fingerprint density at radius 1 is 1.59 bits per heavy atom. The van der Waals surface area contributed by atoms with Gasteiger partial charge in [0.1, 0.15) is 5.69 Å². The maximum absolute atomic E-state index is 10.6. The van der Waals surface area contributed by atoms with Crippen LogP contribution in [0, 0.1) is 6.92 Å². The number of amides is 1. The molecule has 0 bridgehead atoms. The number of nitrogens with zero attached hydrogens (tertiary/aromatic N) is 4. The molecule has 5 N–H and O–H groups in total. The van der Waals surface area contributed by atoms with Crippen molar-refractivity contribution in [2.24, 2.45) is 5.73 Å². The summed E-state index contributed by atoms with van der Waals surface area (Å²) < 4.78 is 1.28. The van der Waals surface area contributed by atoms with Gasteiger partial charge in [0.25, 0.3) is 0 Å². The monoisotopic (exact) mass is 253 g/mol. The summed E-state index contributed by atoms with van der Waals surface area (Å²) in [5.74, 6) is 5.90. The summed E-state index contributed by atoms with van der Waals surface area (Å²) in [4.78, 5) is 10.6. The van der Waals surface area contributed by atoms with E-state index in [0.717, 1.165) is 17.5 Å². The second-order valence-electron chi connectivity index (χ2n) is 3.37. The van der Waals surface area contributed by atoms with Crippen molar-refractivity contribution in [2.75, 3.05) is 11.6 Å². The fourth-order valence-electron chi connectivity index (χ4n) is 1.22. The number of aromatic amines is 1. The van der Waals surface area contributed by atoms with E-state index in [2.05, 4.69) is 20.4 Å². The van der Waals surface area contributed by atoms with Crippen molar-refractivity contribution < 1.29 is 4.79 Å². The highest BCUT2D eigenvalue weighted by molar-refractivity contribution is 7.99. The third-order valence-electron chi connectivity index (χ3n) is 1.94. The minimum Gasteiger partial charge on any atom is -0.369 e. The van der Waals surface area contributed by atoms with E-state index in [-0.39, 0.29) is 5.75 Å². The summed E-state index contributed by atoms with van der Waals surface area (Å²) in [5, 5.41) is 15.0. The molecule has 0 saturated carbocycles. The Balaban J connectivity index is 2.23. The molecule has 0 saturated heterocycles. The molecule has 0 atom stereocenters. The van der Waals surface area contributed by atoms with E-state index < -0.39 is 5.91 Å². The van der Waals surface area contributed by atoms with E-state index in [1.165, 1.54) is 4.68 Å². The zero-order chi connectivity index (χ0) is 12.4. The number of aromatic nitrogens is 5. The lowest BCUT2D eigenvalue weighted by Crippen LogP contribution is -2.16. The first-order valence-corrected chi connectivity index (χ1v) is 5.70. The molecule has 2 aromatic rings. The van der Waals surface area contributed by atoms with Crippen LogP contribution >= 0.6 is 11.8 Å². The third-order valence-corrected chi connectivity index (χ3v) is 2.91. The third kappa shape index (κ3) is 2.38. The Bertz CT molecular complexity index is 546. The average Bonchev–Trinajstić information content (AvgIpc) is 2.82. The van der Waals surface area contributed by atoms with Gasteiger partial charge in [0, 0.05) is 5.69 Å². The number of hydrogen-bond donors (Lipinski definition) is 3. The van der Waals surface area contributed by atoms with Gasteiger partial charge in [0.05, 0.1) is 5.75 Å². The Hall–Kier alpha value is -2.03. The number of nitrogens with two attached hydrogens (primary N) is 2. The molecule has 0 aromatic carbocycles. The topological polar surface area (TPSA) is 128 Å². The van der Waals surface area contributed by atoms with Crippen molar-refractivity contribution in [2.45, 2.75) is 12.1 Å².